The van der Waals surface area contributed by atoms with Crippen LogP contribution in [0.3, 0.4) is 0 Å². The quantitative estimate of drug-likeness (QED) is 0.865. The highest BCUT2D eigenvalue weighted by molar-refractivity contribution is 5.87. The zero-order valence-electron chi connectivity index (χ0n) is 14.0. The van der Waals surface area contributed by atoms with Gasteiger partial charge in [0.2, 0.25) is 5.91 Å². The largest absolute Gasteiger partial charge is 0.478 e. The number of nitrogens with one attached hydrogen (secondary N) is 1. The predicted molar refractivity (Wildman–Crippen MR) is 89.9 cm³/mol. The van der Waals surface area contributed by atoms with Crippen LogP contribution in [0.15, 0.2) is 36.5 Å². The van der Waals surface area contributed by atoms with E-state index in [2.05, 4.69) is 10.4 Å². The van der Waals surface area contributed by atoms with Gasteiger partial charge in [-0.25, -0.2) is 4.79 Å². The van der Waals surface area contributed by atoms with Gasteiger partial charge in [-0.2, -0.15) is 5.10 Å². The lowest BCUT2D eigenvalue weighted by Gasteiger charge is -2.30. The van der Waals surface area contributed by atoms with E-state index in [1.165, 1.54) is 12.1 Å². The molecule has 0 aliphatic carbocycles. The molecule has 2 N–H and O–H groups in total. The first kappa shape index (κ1) is 17.2. The Morgan fingerprint density at radius 1 is 1.32 bits per heavy atom. The summed E-state index contributed by atoms with van der Waals surface area (Å²) in [6.07, 6.45) is 3.02. The number of carboxylic acid groups (broad SMARTS) is 1. The Balaban J connectivity index is 1.64. The molecule has 132 valence electrons. The second-order valence-electron chi connectivity index (χ2n) is 6.14. The Morgan fingerprint density at radius 3 is 2.72 bits per heavy atom. The number of aryl methyl sites for hydroxylation is 1. The van der Waals surface area contributed by atoms with Crippen molar-refractivity contribution in [1.29, 1.82) is 0 Å². The van der Waals surface area contributed by atoms with Gasteiger partial charge in [0.1, 0.15) is 6.10 Å². The summed E-state index contributed by atoms with van der Waals surface area (Å²) >= 11 is 0. The van der Waals surface area contributed by atoms with Crippen molar-refractivity contribution in [3.63, 3.8) is 0 Å². The number of hydrogen-bond acceptors (Lipinski definition) is 4. The van der Waals surface area contributed by atoms with Gasteiger partial charge < -0.3 is 15.2 Å². The highest BCUT2D eigenvalue weighted by atomic mass is 16.5. The molecule has 0 spiro atoms. The number of hydrogen-bond donors (Lipinski definition) is 2. The summed E-state index contributed by atoms with van der Waals surface area (Å²) in [6.45, 7) is 0.990. The highest BCUT2D eigenvalue weighted by Gasteiger charge is 2.34. The average Bonchev–Trinajstić information content (AvgIpc) is 3.06. The summed E-state index contributed by atoms with van der Waals surface area (Å²) < 4.78 is 7.58. The molecule has 1 amide bonds. The molecule has 2 aromatic rings. The topological polar surface area (TPSA) is 93.5 Å². The third-order valence-corrected chi connectivity index (χ3v) is 4.48. The van der Waals surface area contributed by atoms with E-state index in [1.54, 1.807) is 23.0 Å². The molecule has 0 radical (unpaired) electrons. The van der Waals surface area contributed by atoms with Gasteiger partial charge in [0, 0.05) is 26.4 Å². The SMILES string of the molecule is Cn1nccc1[C@@H]1OCCC[C@H]1C(=O)NCc1ccc(C(=O)O)cc1. The van der Waals surface area contributed by atoms with Crippen LogP contribution in [-0.2, 0) is 23.1 Å². The molecule has 1 fully saturated rings. The lowest BCUT2D eigenvalue weighted by molar-refractivity contribution is -0.135. The Kier molecular flexibility index (Phi) is 5.14. The molecule has 25 heavy (non-hydrogen) atoms. The second kappa shape index (κ2) is 7.48. The van der Waals surface area contributed by atoms with E-state index in [0.29, 0.717) is 13.2 Å². The normalized spacial score (nSPS) is 20.2. The van der Waals surface area contributed by atoms with Gasteiger partial charge in [-0.15, -0.1) is 0 Å². The molecule has 2 heterocycles. The van der Waals surface area contributed by atoms with E-state index in [9.17, 15) is 9.59 Å². The lowest BCUT2D eigenvalue weighted by Crippen LogP contribution is -2.37. The van der Waals surface area contributed by atoms with Crippen molar-refractivity contribution in [2.45, 2.75) is 25.5 Å². The van der Waals surface area contributed by atoms with Crippen molar-refractivity contribution < 1.29 is 19.4 Å². The minimum Gasteiger partial charge on any atom is -0.478 e. The van der Waals surface area contributed by atoms with Gasteiger partial charge in [-0.3, -0.25) is 9.48 Å². The number of aromatic nitrogens is 2. The Labute approximate surface area is 145 Å². The molecule has 1 aliphatic rings. The van der Waals surface area contributed by atoms with Crippen LogP contribution in [0.2, 0.25) is 0 Å². The second-order valence-corrected chi connectivity index (χ2v) is 6.14. The maximum absolute atomic E-state index is 12.6. The smallest absolute Gasteiger partial charge is 0.335 e. The first-order valence-corrected chi connectivity index (χ1v) is 8.25. The van der Waals surface area contributed by atoms with Gasteiger partial charge >= 0.3 is 5.97 Å². The van der Waals surface area contributed by atoms with Crippen LogP contribution in [0.1, 0.15) is 40.6 Å². The fourth-order valence-electron chi connectivity index (χ4n) is 3.09. The van der Waals surface area contributed by atoms with Crippen molar-refractivity contribution in [2.24, 2.45) is 13.0 Å². The van der Waals surface area contributed by atoms with Gasteiger partial charge in [-0.1, -0.05) is 12.1 Å². The molecule has 0 bridgehead atoms. The summed E-state index contributed by atoms with van der Waals surface area (Å²) in [5.41, 5.74) is 1.98. The number of rotatable bonds is 5. The summed E-state index contributed by atoms with van der Waals surface area (Å²) in [4.78, 5) is 23.5. The van der Waals surface area contributed by atoms with Crippen LogP contribution in [0.5, 0.6) is 0 Å². The van der Waals surface area contributed by atoms with Crippen molar-refractivity contribution in [3.8, 4) is 0 Å². The molecule has 1 aromatic heterocycles. The van der Waals surface area contributed by atoms with Crippen LogP contribution in [0.4, 0.5) is 0 Å². The van der Waals surface area contributed by atoms with Crippen LogP contribution in [-0.4, -0.2) is 33.4 Å². The molecule has 2 atom stereocenters. The summed E-state index contributed by atoms with van der Waals surface area (Å²) in [5, 5.41) is 16.0. The number of carbonyl (C=O) groups excluding carboxylic acids is 1. The van der Waals surface area contributed by atoms with Gasteiger partial charge in [0.05, 0.1) is 17.2 Å². The monoisotopic (exact) mass is 343 g/mol. The van der Waals surface area contributed by atoms with Crippen LogP contribution >= 0.6 is 0 Å². The Bertz CT molecular complexity index is 754. The minimum absolute atomic E-state index is 0.0618. The van der Waals surface area contributed by atoms with Gasteiger partial charge in [0.15, 0.2) is 0 Å². The number of ether oxygens (including phenoxy) is 1. The molecule has 3 rings (SSSR count). The number of aromatic carboxylic acids is 1. The first-order chi connectivity index (χ1) is 12.1. The molecule has 7 nitrogen and oxygen atoms in total. The van der Waals surface area contributed by atoms with Gasteiger partial charge in [0.25, 0.3) is 0 Å². The van der Waals surface area contributed by atoms with Crippen LogP contribution in [0, 0.1) is 5.92 Å². The number of benzene rings is 1. The molecule has 1 aromatic carbocycles. The zero-order valence-corrected chi connectivity index (χ0v) is 14.0. The maximum Gasteiger partial charge on any atom is 0.335 e. The fourth-order valence-corrected chi connectivity index (χ4v) is 3.09. The lowest BCUT2D eigenvalue weighted by atomic mass is 9.91. The van der Waals surface area contributed by atoms with Gasteiger partial charge in [-0.05, 0) is 36.6 Å². The van der Waals surface area contributed by atoms with E-state index >= 15 is 0 Å². The number of carboxylic acids is 1. The first-order valence-electron chi connectivity index (χ1n) is 8.25. The third-order valence-electron chi connectivity index (χ3n) is 4.48. The highest BCUT2D eigenvalue weighted by Crippen LogP contribution is 2.33. The van der Waals surface area contributed by atoms with E-state index < -0.39 is 5.97 Å². The predicted octanol–water partition coefficient (Wildman–Crippen LogP) is 1.90. The Morgan fingerprint density at radius 2 is 2.08 bits per heavy atom. The maximum atomic E-state index is 12.6. The molecule has 0 unspecified atom stereocenters. The van der Waals surface area contributed by atoms with Crippen LogP contribution < -0.4 is 5.32 Å². The van der Waals surface area contributed by atoms with E-state index in [-0.39, 0.29) is 23.5 Å². The van der Waals surface area contributed by atoms with Crippen molar-refractivity contribution in [3.05, 3.63) is 53.3 Å². The van der Waals surface area contributed by atoms with Crippen molar-refractivity contribution in [1.82, 2.24) is 15.1 Å². The number of nitrogens with zero attached hydrogens (tertiary/aromatic N) is 2. The minimum atomic E-state index is -0.964. The standard InChI is InChI=1S/C18H21N3O4/c1-21-15(8-9-20-21)16-14(3-2-10-25-16)17(22)19-11-12-4-6-13(7-5-12)18(23)24/h4-9,14,16H,2-3,10-11H2,1H3,(H,19,22)(H,23,24)/t14-,16-/m1/s1. The molecule has 1 saturated heterocycles. The molecule has 7 heteroatoms. The van der Waals surface area contributed by atoms with E-state index in [0.717, 1.165) is 24.1 Å². The summed E-state index contributed by atoms with van der Waals surface area (Å²) in [5.74, 6) is -1.29. The van der Waals surface area contributed by atoms with Crippen LogP contribution in [0.25, 0.3) is 0 Å². The number of amides is 1. The fraction of sp³-hybridized carbons (Fsp3) is 0.389. The zero-order chi connectivity index (χ0) is 17.8. The average molecular weight is 343 g/mol. The summed E-state index contributed by atoms with van der Waals surface area (Å²) in [6, 6.07) is 8.36. The molecular formula is C18H21N3O4. The number of carbonyl (C=O) groups is 2. The van der Waals surface area contributed by atoms with E-state index in [4.69, 9.17) is 9.84 Å². The molecule has 1 aliphatic heterocycles. The van der Waals surface area contributed by atoms with Crippen molar-refractivity contribution in [2.75, 3.05) is 6.61 Å². The third kappa shape index (κ3) is 3.88. The molecular weight excluding hydrogens is 322 g/mol. The van der Waals surface area contributed by atoms with Crippen molar-refractivity contribution >= 4 is 11.9 Å². The Hall–Kier alpha value is -2.67. The van der Waals surface area contributed by atoms with E-state index in [1.807, 2.05) is 13.1 Å². The summed E-state index contributed by atoms with van der Waals surface area (Å²) in [7, 11) is 1.84. The molecule has 0 saturated carbocycles.